The van der Waals surface area contributed by atoms with Crippen LogP contribution in [0.25, 0.3) is 16.8 Å². The first-order chi connectivity index (χ1) is 16.4. The third-order valence-electron chi connectivity index (χ3n) is 4.66. The maximum absolute atomic E-state index is 12.6. The van der Waals surface area contributed by atoms with Crippen molar-refractivity contribution in [2.45, 2.75) is 20.8 Å². The van der Waals surface area contributed by atoms with E-state index in [0.717, 1.165) is 16.9 Å². The van der Waals surface area contributed by atoms with Crippen molar-refractivity contribution in [2.24, 2.45) is 0 Å². The first-order valence-electron chi connectivity index (χ1n) is 10.4. The molecule has 0 aliphatic heterocycles. The van der Waals surface area contributed by atoms with E-state index in [9.17, 15) is 14.9 Å². The summed E-state index contributed by atoms with van der Waals surface area (Å²) < 4.78 is 15.5. The average Bonchev–Trinajstić information content (AvgIpc) is 3.45. The van der Waals surface area contributed by atoms with Gasteiger partial charge in [0.2, 0.25) is 0 Å². The van der Waals surface area contributed by atoms with Crippen molar-refractivity contribution < 1.29 is 23.8 Å². The number of ether oxygens (including phenoxy) is 3. The lowest BCUT2D eigenvalue weighted by Crippen LogP contribution is -2.09. The number of hydrogen-bond donors (Lipinski definition) is 1. The van der Waals surface area contributed by atoms with Gasteiger partial charge in [-0.25, -0.2) is 14.6 Å². The van der Waals surface area contributed by atoms with Crippen LogP contribution in [-0.4, -0.2) is 37.2 Å². The van der Waals surface area contributed by atoms with E-state index in [0.29, 0.717) is 31.9 Å². The third kappa shape index (κ3) is 5.44. The van der Waals surface area contributed by atoms with E-state index < -0.39 is 11.9 Å². The smallest absolute Gasteiger partial charge is 0.348 e. The van der Waals surface area contributed by atoms with Crippen LogP contribution < -0.4 is 10.1 Å². The Morgan fingerprint density at radius 3 is 2.62 bits per heavy atom. The Bertz CT molecular complexity index is 1270. The van der Waals surface area contributed by atoms with E-state index in [1.54, 1.807) is 27.9 Å². The van der Waals surface area contributed by atoms with Gasteiger partial charge in [-0.1, -0.05) is 12.1 Å². The summed E-state index contributed by atoms with van der Waals surface area (Å²) in [5, 5.41) is 15.5. The van der Waals surface area contributed by atoms with Crippen LogP contribution in [0.15, 0.2) is 35.8 Å². The van der Waals surface area contributed by atoms with Crippen LogP contribution in [0, 0.1) is 18.3 Å². The fourth-order valence-electron chi connectivity index (χ4n) is 3.05. The van der Waals surface area contributed by atoms with Gasteiger partial charge in [-0.05, 0) is 38.5 Å². The summed E-state index contributed by atoms with van der Waals surface area (Å²) in [6, 6.07) is 9.62. The summed E-state index contributed by atoms with van der Waals surface area (Å²) in [6.07, 6.45) is 1.47. The Morgan fingerprint density at radius 2 is 1.94 bits per heavy atom. The molecule has 8 nitrogen and oxygen atoms in total. The van der Waals surface area contributed by atoms with Crippen LogP contribution in [-0.2, 0) is 9.47 Å². The van der Waals surface area contributed by atoms with Gasteiger partial charge in [0.1, 0.15) is 32.3 Å². The zero-order valence-corrected chi connectivity index (χ0v) is 20.8. The minimum Gasteiger partial charge on any atom is -0.497 e. The number of rotatable bonds is 9. The predicted octanol–water partition coefficient (Wildman–Crippen LogP) is 5.52. The Morgan fingerprint density at radius 1 is 1.21 bits per heavy atom. The van der Waals surface area contributed by atoms with Crippen molar-refractivity contribution in [3.05, 3.63) is 56.9 Å². The number of thiophene rings is 1. The van der Waals surface area contributed by atoms with Crippen molar-refractivity contribution in [1.29, 1.82) is 5.26 Å². The minimum absolute atomic E-state index is 0.188. The van der Waals surface area contributed by atoms with Gasteiger partial charge in [0.15, 0.2) is 0 Å². The molecule has 0 atom stereocenters. The molecular formula is C24H23N3O5S2. The van der Waals surface area contributed by atoms with Crippen LogP contribution in [0.4, 0.5) is 5.00 Å². The zero-order valence-electron chi connectivity index (χ0n) is 19.1. The molecule has 3 rings (SSSR count). The molecule has 0 saturated heterocycles. The Hall–Kier alpha value is -3.68. The van der Waals surface area contributed by atoms with Crippen molar-refractivity contribution >= 4 is 45.2 Å². The first kappa shape index (κ1) is 25.0. The second-order valence-corrected chi connectivity index (χ2v) is 8.66. The lowest BCUT2D eigenvalue weighted by molar-refractivity contribution is 0.0527. The van der Waals surface area contributed by atoms with Crippen molar-refractivity contribution in [1.82, 2.24) is 4.98 Å². The monoisotopic (exact) mass is 497 g/mol. The maximum atomic E-state index is 12.6. The molecule has 0 aliphatic rings. The van der Waals surface area contributed by atoms with Gasteiger partial charge >= 0.3 is 11.9 Å². The highest BCUT2D eigenvalue weighted by molar-refractivity contribution is 7.18. The molecule has 0 saturated carbocycles. The number of nitriles is 1. The lowest BCUT2D eigenvalue weighted by Gasteiger charge is -2.05. The van der Waals surface area contributed by atoms with Crippen LogP contribution in [0.2, 0.25) is 0 Å². The maximum Gasteiger partial charge on any atom is 0.348 e. The van der Waals surface area contributed by atoms with E-state index >= 15 is 0 Å². The summed E-state index contributed by atoms with van der Waals surface area (Å²) in [7, 11) is 1.60. The number of aromatic nitrogens is 1. The average molecular weight is 498 g/mol. The normalized spacial score (nSPS) is 11.0. The predicted molar refractivity (Wildman–Crippen MR) is 132 cm³/mol. The summed E-state index contributed by atoms with van der Waals surface area (Å²) in [6.45, 7) is 5.48. The fourth-order valence-corrected chi connectivity index (χ4v) is 4.90. The van der Waals surface area contributed by atoms with Gasteiger partial charge in [0, 0.05) is 17.1 Å². The van der Waals surface area contributed by atoms with Gasteiger partial charge in [-0.2, -0.15) is 5.26 Å². The van der Waals surface area contributed by atoms with Crippen molar-refractivity contribution in [2.75, 3.05) is 25.6 Å². The minimum atomic E-state index is -0.559. The zero-order chi connectivity index (χ0) is 24.7. The number of anilines is 1. The van der Waals surface area contributed by atoms with Gasteiger partial charge in [-0.15, -0.1) is 22.7 Å². The van der Waals surface area contributed by atoms with E-state index in [1.165, 1.54) is 17.5 Å². The van der Waals surface area contributed by atoms with E-state index in [4.69, 9.17) is 14.2 Å². The Kier molecular flexibility index (Phi) is 8.40. The quantitative estimate of drug-likeness (QED) is 0.304. The van der Waals surface area contributed by atoms with Crippen molar-refractivity contribution in [3.63, 3.8) is 0 Å². The molecule has 0 unspecified atom stereocenters. The molecule has 2 aromatic heterocycles. The number of esters is 2. The van der Waals surface area contributed by atoms with E-state index in [2.05, 4.69) is 16.4 Å². The highest BCUT2D eigenvalue weighted by Crippen LogP contribution is 2.35. The summed E-state index contributed by atoms with van der Waals surface area (Å²) in [5.41, 5.74) is 2.55. The highest BCUT2D eigenvalue weighted by atomic mass is 32.1. The second-order valence-electron chi connectivity index (χ2n) is 6.79. The van der Waals surface area contributed by atoms with E-state index in [1.807, 2.05) is 29.6 Å². The molecule has 0 amide bonds. The summed E-state index contributed by atoms with van der Waals surface area (Å²) in [4.78, 5) is 29.8. The fraction of sp³-hybridized carbons (Fsp3) is 0.250. The van der Waals surface area contributed by atoms with Crippen molar-refractivity contribution in [3.8, 4) is 23.1 Å². The van der Waals surface area contributed by atoms with Gasteiger partial charge in [0.05, 0.1) is 31.6 Å². The molecule has 0 bridgehead atoms. The van der Waals surface area contributed by atoms with E-state index in [-0.39, 0.29) is 24.4 Å². The lowest BCUT2D eigenvalue weighted by atomic mass is 10.1. The number of carbonyl (C=O) groups excluding carboxylic acids is 2. The molecule has 1 N–H and O–H groups in total. The molecule has 176 valence electrons. The SMILES string of the molecule is CCOC(=O)c1sc(NC=C(C#N)c2nc(-c3cccc(OC)c3)cs2)c(C(=O)OCC)c1C. The van der Waals surface area contributed by atoms with Crippen LogP contribution in [0.1, 0.15) is 44.4 Å². The van der Waals surface area contributed by atoms with Crippen LogP contribution in [0.3, 0.4) is 0 Å². The number of methoxy groups -OCH3 is 1. The number of thiazole rings is 1. The van der Waals surface area contributed by atoms with Crippen LogP contribution in [0.5, 0.6) is 5.75 Å². The highest BCUT2D eigenvalue weighted by Gasteiger charge is 2.26. The number of benzene rings is 1. The molecule has 0 fully saturated rings. The molecule has 2 heterocycles. The van der Waals surface area contributed by atoms with Gasteiger partial charge in [0.25, 0.3) is 0 Å². The molecule has 10 heteroatoms. The first-order valence-corrected chi connectivity index (χ1v) is 12.1. The molecule has 3 aromatic rings. The number of nitrogens with zero attached hydrogens (tertiary/aromatic N) is 2. The molecule has 0 radical (unpaired) electrons. The molecule has 34 heavy (non-hydrogen) atoms. The summed E-state index contributed by atoms with van der Waals surface area (Å²) in [5.74, 6) is -0.367. The molecule has 1 aromatic carbocycles. The third-order valence-corrected chi connectivity index (χ3v) is 6.73. The second kappa shape index (κ2) is 11.4. The van der Waals surface area contributed by atoms with Crippen LogP contribution >= 0.6 is 22.7 Å². The topological polar surface area (TPSA) is 111 Å². The number of hydrogen-bond acceptors (Lipinski definition) is 10. The Labute approximate surface area is 205 Å². The molecule has 0 aliphatic carbocycles. The number of nitrogens with one attached hydrogen (secondary N) is 1. The molecular weight excluding hydrogens is 474 g/mol. The van der Waals surface area contributed by atoms with Gasteiger partial charge < -0.3 is 19.5 Å². The Balaban J connectivity index is 1.93. The standard InChI is InChI=1S/C24H23N3O5S2/c1-5-31-23(28)19-14(3)20(24(29)32-6-2)34-22(19)26-12-16(11-25)21-27-18(13-33-21)15-8-7-9-17(10-15)30-4/h7-10,12-13,26H,5-6H2,1-4H3. The largest absolute Gasteiger partial charge is 0.497 e. The number of carbonyl (C=O) groups is 2. The number of allylic oxidation sites excluding steroid dienone is 1. The molecule has 0 spiro atoms. The summed E-state index contributed by atoms with van der Waals surface area (Å²) >= 11 is 2.39. The van der Waals surface area contributed by atoms with Gasteiger partial charge in [-0.3, -0.25) is 0 Å².